The summed E-state index contributed by atoms with van der Waals surface area (Å²) in [5, 5.41) is 7.26. The summed E-state index contributed by atoms with van der Waals surface area (Å²) >= 11 is 11.9. The SMILES string of the molecule is O=C(NNc1nc(-c2ccncc2)no1)c1ccc(NC(=O)c2cc(Cl)cc(Cl)c2)cc1. The average Bonchev–Trinajstić information content (AvgIpc) is 3.27. The molecule has 4 rings (SSSR count). The molecule has 32 heavy (non-hydrogen) atoms. The third kappa shape index (κ3) is 5.20. The second-order valence-corrected chi connectivity index (χ2v) is 7.30. The Kier molecular flexibility index (Phi) is 6.29. The number of carbonyl (C=O) groups excluding carboxylic acids is 2. The number of pyridine rings is 1. The van der Waals surface area contributed by atoms with Gasteiger partial charge >= 0.3 is 6.01 Å². The summed E-state index contributed by atoms with van der Waals surface area (Å²) in [4.78, 5) is 32.8. The second-order valence-electron chi connectivity index (χ2n) is 6.43. The van der Waals surface area contributed by atoms with Gasteiger partial charge in [-0.25, -0.2) is 5.43 Å². The maximum atomic E-state index is 12.4. The number of halogens is 2. The number of hydrogen-bond acceptors (Lipinski definition) is 7. The minimum atomic E-state index is -0.437. The van der Waals surface area contributed by atoms with Gasteiger partial charge in [-0.05, 0) is 54.6 Å². The van der Waals surface area contributed by atoms with Crippen molar-refractivity contribution in [2.75, 3.05) is 10.7 Å². The third-order valence-electron chi connectivity index (χ3n) is 4.18. The van der Waals surface area contributed by atoms with E-state index < -0.39 is 5.91 Å². The Morgan fingerprint density at radius 2 is 1.53 bits per heavy atom. The van der Waals surface area contributed by atoms with Crippen LogP contribution in [-0.4, -0.2) is 26.9 Å². The lowest BCUT2D eigenvalue weighted by atomic mass is 10.1. The van der Waals surface area contributed by atoms with E-state index in [0.717, 1.165) is 5.56 Å². The van der Waals surface area contributed by atoms with Gasteiger partial charge in [0.15, 0.2) is 0 Å². The summed E-state index contributed by atoms with van der Waals surface area (Å²) in [6, 6.07) is 14.3. The smallest absolute Gasteiger partial charge is 0.322 e. The van der Waals surface area contributed by atoms with Crippen molar-refractivity contribution in [3.05, 3.63) is 88.2 Å². The van der Waals surface area contributed by atoms with E-state index in [2.05, 4.69) is 31.3 Å². The lowest BCUT2D eigenvalue weighted by Gasteiger charge is -2.08. The molecule has 0 bridgehead atoms. The normalized spacial score (nSPS) is 10.4. The van der Waals surface area contributed by atoms with Crippen LogP contribution in [0.25, 0.3) is 11.4 Å². The lowest BCUT2D eigenvalue weighted by Crippen LogP contribution is -2.29. The van der Waals surface area contributed by atoms with Gasteiger partial charge in [0, 0.05) is 44.8 Å². The molecule has 0 unspecified atom stereocenters. The zero-order valence-electron chi connectivity index (χ0n) is 16.2. The highest BCUT2D eigenvalue weighted by molar-refractivity contribution is 6.35. The highest BCUT2D eigenvalue weighted by Crippen LogP contribution is 2.20. The monoisotopic (exact) mass is 468 g/mol. The molecular formula is C21H14Cl2N6O3. The van der Waals surface area contributed by atoms with Crippen LogP contribution < -0.4 is 16.2 Å². The van der Waals surface area contributed by atoms with Crippen molar-refractivity contribution in [3.8, 4) is 11.4 Å². The molecule has 2 aromatic heterocycles. The minimum absolute atomic E-state index is 0.0224. The molecule has 0 saturated heterocycles. The molecule has 0 aliphatic rings. The van der Waals surface area contributed by atoms with Crippen LogP contribution in [0.2, 0.25) is 10.0 Å². The van der Waals surface area contributed by atoms with Crippen molar-refractivity contribution in [1.29, 1.82) is 0 Å². The van der Waals surface area contributed by atoms with E-state index in [9.17, 15) is 9.59 Å². The van der Waals surface area contributed by atoms with Gasteiger partial charge in [-0.2, -0.15) is 4.98 Å². The first-order valence-electron chi connectivity index (χ1n) is 9.16. The molecule has 9 nitrogen and oxygen atoms in total. The van der Waals surface area contributed by atoms with E-state index in [4.69, 9.17) is 27.7 Å². The standard InChI is InChI=1S/C21H14Cl2N6O3/c22-15-9-14(10-16(23)11-15)19(30)25-17-3-1-13(2-4-17)20(31)27-28-21-26-18(29-32-21)12-5-7-24-8-6-12/h1-11H,(H,25,30)(H,27,31)(H,26,28,29). The maximum absolute atomic E-state index is 12.4. The summed E-state index contributed by atoms with van der Waals surface area (Å²) in [5.74, 6) is -0.465. The molecular weight excluding hydrogens is 455 g/mol. The van der Waals surface area contributed by atoms with E-state index in [1.54, 1.807) is 48.8 Å². The Balaban J connectivity index is 1.34. The van der Waals surface area contributed by atoms with Crippen LogP contribution in [-0.2, 0) is 0 Å². The number of anilines is 2. The van der Waals surface area contributed by atoms with Crippen LogP contribution in [0, 0.1) is 0 Å². The van der Waals surface area contributed by atoms with E-state index in [0.29, 0.717) is 32.7 Å². The first-order chi connectivity index (χ1) is 15.5. The molecule has 4 aromatic rings. The van der Waals surface area contributed by atoms with Crippen molar-refractivity contribution in [2.24, 2.45) is 0 Å². The van der Waals surface area contributed by atoms with Gasteiger partial charge in [0.2, 0.25) is 5.82 Å². The highest BCUT2D eigenvalue weighted by Gasteiger charge is 2.12. The minimum Gasteiger partial charge on any atom is -0.322 e. The van der Waals surface area contributed by atoms with Crippen LogP contribution in [0.1, 0.15) is 20.7 Å². The molecule has 0 radical (unpaired) electrons. The van der Waals surface area contributed by atoms with Crippen LogP contribution in [0.5, 0.6) is 0 Å². The van der Waals surface area contributed by atoms with Gasteiger partial charge in [0.05, 0.1) is 0 Å². The van der Waals surface area contributed by atoms with E-state index in [1.807, 2.05) is 0 Å². The molecule has 0 saturated carbocycles. The molecule has 0 aliphatic heterocycles. The summed E-state index contributed by atoms with van der Waals surface area (Å²) in [6.45, 7) is 0. The van der Waals surface area contributed by atoms with Crippen molar-refractivity contribution in [1.82, 2.24) is 20.6 Å². The van der Waals surface area contributed by atoms with Crippen molar-refractivity contribution in [2.45, 2.75) is 0 Å². The summed E-state index contributed by atoms with van der Waals surface area (Å²) < 4.78 is 5.05. The van der Waals surface area contributed by atoms with Crippen molar-refractivity contribution >= 4 is 46.7 Å². The number of nitrogens with zero attached hydrogens (tertiary/aromatic N) is 3. The zero-order valence-corrected chi connectivity index (χ0v) is 17.7. The fraction of sp³-hybridized carbons (Fsp3) is 0. The quantitative estimate of drug-likeness (QED) is 0.357. The summed E-state index contributed by atoms with van der Waals surface area (Å²) in [5.41, 5.74) is 6.91. The molecule has 160 valence electrons. The molecule has 2 heterocycles. The van der Waals surface area contributed by atoms with Crippen LogP contribution in [0.3, 0.4) is 0 Å². The topological polar surface area (TPSA) is 122 Å². The third-order valence-corrected chi connectivity index (χ3v) is 4.61. The van der Waals surface area contributed by atoms with Crippen LogP contribution in [0.15, 0.2) is 71.5 Å². The first kappa shape index (κ1) is 21.3. The molecule has 2 amide bonds. The Labute approximate surface area is 191 Å². The van der Waals surface area contributed by atoms with E-state index in [-0.39, 0.29) is 11.9 Å². The molecule has 0 atom stereocenters. The number of hydrogen-bond donors (Lipinski definition) is 3. The molecule has 0 spiro atoms. The Morgan fingerprint density at radius 3 is 2.22 bits per heavy atom. The number of aromatic nitrogens is 3. The van der Waals surface area contributed by atoms with Crippen molar-refractivity contribution in [3.63, 3.8) is 0 Å². The summed E-state index contributed by atoms with van der Waals surface area (Å²) in [7, 11) is 0. The first-order valence-corrected chi connectivity index (χ1v) is 9.91. The van der Waals surface area contributed by atoms with Gasteiger partial charge in [-0.15, -0.1) is 0 Å². The largest absolute Gasteiger partial charge is 0.340 e. The number of carbonyl (C=O) groups is 2. The number of nitrogens with one attached hydrogen (secondary N) is 3. The Hall–Kier alpha value is -3.95. The van der Waals surface area contributed by atoms with E-state index >= 15 is 0 Å². The molecule has 0 aliphatic carbocycles. The predicted molar refractivity (Wildman–Crippen MR) is 119 cm³/mol. The highest BCUT2D eigenvalue weighted by atomic mass is 35.5. The Bertz CT molecular complexity index is 1240. The van der Waals surface area contributed by atoms with Gasteiger partial charge in [-0.3, -0.25) is 20.0 Å². The van der Waals surface area contributed by atoms with Gasteiger partial charge in [-0.1, -0.05) is 28.4 Å². The fourth-order valence-electron chi connectivity index (χ4n) is 2.67. The number of amides is 2. The zero-order chi connectivity index (χ0) is 22.5. The molecule has 2 aromatic carbocycles. The van der Waals surface area contributed by atoms with E-state index in [1.165, 1.54) is 18.2 Å². The van der Waals surface area contributed by atoms with Crippen LogP contribution in [0.4, 0.5) is 11.7 Å². The average molecular weight is 469 g/mol. The second kappa shape index (κ2) is 9.46. The van der Waals surface area contributed by atoms with Gasteiger partial charge < -0.3 is 9.84 Å². The van der Waals surface area contributed by atoms with Crippen LogP contribution >= 0.6 is 23.2 Å². The number of hydrazine groups is 1. The van der Waals surface area contributed by atoms with Crippen molar-refractivity contribution < 1.29 is 14.1 Å². The van der Waals surface area contributed by atoms with Gasteiger partial charge in [0.25, 0.3) is 11.8 Å². The maximum Gasteiger partial charge on any atom is 0.340 e. The summed E-state index contributed by atoms with van der Waals surface area (Å²) in [6.07, 6.45) is 3.22. The Morgan fingerprint density at radius 1 is 0.844 bits per heavy atom. The van der Waals surface area contributed by atoms with Gasteiger partial charge in [0.1, 0.15) is 0 Å². The lowest BCUT2D eigenvalue weighted by molar-refractivity contribution is 0.0960. The molecule has 3 N–H and O–H groups in total. The number of rotatable bonds is 6. The molecule has 11 heteroatoms. The fourth-order valence-corrected chi connectivity index (χ4v) is 3.19. The number of benzene rings is 2. The predicted octanol–water partition coefficient (Wildman–Crippen LogP) is 4.45. The molecule has 0 fully saturated rings.